The van der Waals surface area contributed by atoms with E-state index >= 15 is 0 Å². The maximum atomic E-state index is 13.0. The van der Waals surface area contributed by atoms with Crippen molar-refractivity contribution in [3.8, 4) is 5.75 Å². The van der Waals surface area contributed by atoms with Crippen LogP contribution in [0.5, 0.6) is 5.75 Å². The number of amides is 3. The molecule has 1 heterocycles. The van der Waals surface area contributed by atoms with Gasteiger partial charge in [0.05, 0.1) is 5.56 Å². The number of dihydropyridines is 1. The fourth-order valence-electron chi connectivity index (χ4n) is 2.92. The molecule has 10 heteroatoms. The molecule has 3 rings (SSSR count). The fraction of sp³-hybridized carbons (Fsp3) is 0.182. The van der Waals surface area contributed by atoms with Gasteiger partial charge in [0.25, 0.3) is 0 Å². The van der Waals surface area contributed by atoms with Crippen molar-refractivity contribution in [3.63, 3.8) is 0 Å². The first-order chi connectivity index (χ1) is 15.2. The number of halogens is 3. The van der Waals surface area contributed by atoms with Crippen molar-refractivity contribution >= 4 is 23.3 Å². The summed E-state index contributed by atoms with van der Waals surface area (Å²) in [4.78, 5) is 23.9. The number of likely N-dealkylation sites (N-methyl/N-ethyl adjacent to an activating group) is 1. The molecule has 2 aromatic rings. The lowest BCUT2D eigenvalue weighted by molar-refractivity contribution is -0.138. The van der Waals surface area contributed by atoms with Gasteiger partial charge in [0.15, 0.2) is 0 Å². The van der Waals surface area contributed by atoms with Gasteiger partial charge in [0, 0.05) is 24.6 Å². The van der Waals surface area contributed by atoms with Crippen LogP contribution in [0.3, 0.4) is 0 Å². The van der Waals surface area contributed by atoms with E-state index in [4.69, 9.17) is 4.74 Å². The molecule has 2 aromatic carbocycles. The van der Waals surface area contributed by atoms with Crippen molar-refractivity contribution in [1.29, 1.82) is 0 Å². The number of urea groups is 1. The number of carbonyl (C=O) groups is 2. The highest BCUT2D eigenvalue weighted by molar-refractivity contribution is 5.99. The second kappa shape index (κ2) is 9.46. The van der Waals surface area contributed by atoms with E-state index in [0.717, 1.165) is 6.07 Å². The monoisotopic (exact) mass is 446 g/mol. The van der Waals surface area contributed by atoms with Gasteiger partial charge in [-0.3, -0.25) is 4.79 Å². The first-order valence-corrected chi connectivity index (χ1v) is 9.55. The van der Waals surface area contributed by atoms with Crippen LogP contribution in [0.25, 0.3) is 0 Å². The Morgan fingerprint density at radius 3 is 2.34 bits per heavy atom. The lowest BCUT2D eigenvalue weighted by Crippen LogP contribution is -2.40. The molecule has 3 amide bonds. The third-order valence-corrected chi connectivity index (χ3v) is 4.53. The zero-order valence-corrected chi connectivity index (χ0v) is 17.2. The van der Waals surface area contributed by atoms with Crippen LogP contribution in [0.2, 0.25) is 0 Å². The van der Waals surface area contributed by atoms with Gasteiger partial charge in [-0.25, -0.2) is 4.79 Å². The first-order valence-electron chi connectivity index (χ1n) is 9.55. The van der Waals surface area contributed by atoms with Crippen molar-refractivity contribution in [3.05, 3.63) is 77.7 Å². The standard InChI is InChI=1S/C22H21F3N4O3/c1-13-3-4-15(11-18(13)22(23,24)25)29-21(31)28-14-5-7-16(8-6-14)32-17-9-10-27-19(12-17)20(30)26-2/h3-12,19,27H,1-2H3,(H,26,30)(H2,28,29,31). The number of ether oxygens (including phenoxy) is 1. The van der Waals surface area contributed by atoms with Gasteiger partial charge < -0.3 is 26.0 Å². The van der Waals surface area contributed by atoms with Crippen molar-refractivity contribution in [2.24, 2.45) is 0 Å². The molecule has 4 N–H and O–H groups in total. The number of nitrogens with one attached hydrogen (secondary N) is 4. The SMILES string of the molecule is CNC(=O)C1C=C(Oc2ccc(NC(=O)Nc3ccc(C)c(C(F)(F)F)c3)cc2)C=CN1. The average molecular weight is 446 g/mol. The summed E-state index contributed by atoms with van der Waals surface area (Å²) in [7, 11) is 1.53. The highest BCUT2D eigenvalue weighted by Gasteiger charge is 2.32. The summed E-state index contributed by atoms with van der Waals surface area (Å²) in [5.41, 5.74) is -0.303. The minimum Gasteiger partial charge on any atom is -0.458 e. The molecule has 0 saturated heterocycles. The van der Waals surface area contributed by atoms with Gasteiger partial charge in [0.2, 0.25) is 5.91 Å². The molecule has 1 atom stereocenters. The average Bonchev–Trinajstić information content (AvgIpc) is 2.75. The summed E-state index contributed by atoms with van der Waals surface area (Å²) in [6.45, 7) is 1.35. The number of hydrogen-bond donors (Lipinski definition) is 4. The van der Waals surface area contributed by atoms with Crippen LogP contribution in [0.1, 0.15) is 11.1 Å². The van der Waals surface area contributed by atoms with Gasteiger partial charge >= 0.3 is 12.2 Å². The van der Waals surface area contributed by atoms with E-state index in [1.165, 1.54) is 26.1 Å². The van der Waals surface area contributed by atoms with E-state index in [9.17, 15) is 22.8 Å². The molecule has 0 bridgehead atoms. The molecule has 1 aliphatic rings. The Kier molecular flexibility index (Phi) is 6.72. The smallest absolute Gasteiger partial charge is 0.416 e. The molecule has 168 valence electrons. The summed E-state index contributed by atoms with van der Waals surface area (Å²) >= 11 is 0. The third kappa shape index (κ3) is 5.81. The number of carbonyl (C=O) groups excluding carboxylic acids is 2. The van der Waals surface area contributed by atoms with Crippen molar-refractivity contribution < 1.29 is 27.5 Å². The Morgan fingerprint density at radius 1 is 1.03 bits per heavy atom. The number of hydrogen-bond acceptors (Lipinski definition) is 4. The van der Waals surface area contributed by atoms with Crippen LogP contribution in [-0.2, 0) is 11.0 Å². The van der Waals surface area contributed by atoms with E-state index in [2.05, 4.69) is 21.3 Å². The van der Waals surface area contributed by atoms with Gasteiger partial charge in [-0.15, -0.1) is 0 Å². The molecule has 7 nitrogen and oxygen atoms in total. The molecule has 32 heavy (non-hydrogen) atoms. The van der Waals surface area contributed by atoms with Crippen LogP contribution in [0.4, 0.5) is 29.3 Å². The Morgan fingerprint density at radius 2 is 1.69 bits per heavy atom. The fourth-order valence-corrected chi connectivity index (χ4v) is 2.92. The Hall–Kier alpha value is -3.95. The van der Waals surface area contributed by atoms with E-state index in [1.54, 1.807) is 42.6 Å². The molecule has 0 saturated carbocycles. The van der Waals surface area contributed by atoms with Crippen LogP contribution in [0, 0.1) is 6.92 Å². The zero-order chi connectivity index (χ0) is 23.3. The number of rotatable bonds is 5. The van der Waals surface area contributed by atoms with Gasteiger partial charge in [0.1, 0.15) is 17.6 Å². The topological polar surface area (TPSA) is 91.5 Å². The minimum atomic E-state index is -4.51. The van der Waals surface area contributed by atoms with Crippen LogP contribution in [0.15, 0.2) is 66.6 Å². The Balaban J connectivity index is 1.60. The molecular weight excluding hydrogens is 425 g/mol. The van der Waals surface area contributed by atoms with E-state index in [1.807, 2.05) is 0 Å². The third-order valence-electron chi connectivity index (χ3n) is 4.53. The second-order valence-electron chi connectivity index (χ2n) is 6.89. The lowest BCUT2D eigenvalue weighted by Gasteiger charge is -2.18. The normalized spacial score (nSPS) is 15.3. The number of anilines is 2. The lowest BCUT2D eigenvalue weighted by atomic mass is 10.1. The maximum Gasteiger partial charge on any atom is 0.416 e. The second-order valence-corrected chi connectivity index (χ2v) is 6.89. The zero-order valence-electron chi connectivity index (χ0n) is 17.2. The molecule has 0 aromatic heterocycles. The van der Waals surface area contributed by atoms with Crippen molar-refractivity contribution in [2.75, 3.05) is 17.7 Å². The molecule has 1 unspecified atom stereocenters. The van der Waals surface area contributed by atoms with E-state index in [0.29, 0.717) is 17.2 Å². The first kappa shape index (κ1) is 22.7. The van der Waals surface area contributed by atoms with Gasteiger partial charge in [-0.05, 0) is 61.0 Å². The van der Waals surface area contributed by atoms with Crippen LogP contribution in [-0.4, -0.2) is 25.0 Å². The van der Waals surface area contributed by atoms with Crippen molar-refractivity contribution in [1.82, 2.24) is 10.6 Å². The summed E-state index contributed by atoms with van der Waals surface area (Å²) < 4.78 is 44.8. The number of alkyl halides is 3. The molecule has 0 spiro atoms. The highest BCUT2D eigenvalue weighted by atomic mass is 19.4. The maximum absolute atomic E-state index is 13.0. The number of benzene rings is 2. The number of allylic oxidation sites excluding steroid dienone is 1. The van der Waals surface area contributed by atoms with Gasteiger partial charge in [-0.2, -0.15) is 13.2 Å². The highest BCUT2D eigenvalue weighted by Crippen LogP contribution is 2.33. The molecule has 0 aliphatic carbocycles. The number of aryl methyl sites for hydroxylation is 1. The summed E-state index contributed by atoms with van der Waals surface area (Å²) in [6, 6.07) is 8.70. The van der Waals surface area contributed by atoms with Crippen LogP contribution < -0.4 is 26.0 Å². The molecule has 0 fully saturated rings. The predicted molar refractivity (Wildman–Crippen MR) is 114 cm³/mol. The Labute approximate surface area is 182 Å². The minimum absolute atomic E-state index is 0.0238. The summed E-state index contributed by atoms with van der Waals surface area (Å²) in [6.07, 6.45) is 0.378. The van der Waals surface area contributed by atoms with Crippen molar-refractivity contribution in [2.45, 2.75) is 19.1 Å². The van der Waals surface area contributed by atoms with Crippen LogP contribution >= 0.6 is 0 Å². The molecule has 0 radical (unpaired) electrons. The van der Waals surface area contributed by atoms with E-state index in [-0.39, 0.29) is 17.2 Å². The summed E-state index contributed by atoms with van der Waals surface area (Å²) in [5.74, 6) is 0.727. The Bertz CT molecular complexity index is 1060. The largest absolute Gasteiger partial charge is 0.458 e. The quantitative estimate of drug-likeness (QED) is 0.555. The van der Waals surface area contributed by atoms with Gasteiger partial charge in [-0.1, -0.05) is 6.07 Å². The predicted octanol–water partition coefficient (Wildman–Crippen LogP) is 4.15. The molecule has 1 aliphatic heterocycles. The molecular formula is C22H21F3N4O3. The van der Waals surface area contributed by atoms with E-state index < -0.39 is 23.8 Å². The summed E-state index contributed by atoms with van der Waals surface area (Å²) in [5, 5.41) is 10.4.